The third-order valence-corrected chi connectivity index (χ3v) is 2.85. The zero-order valence-corrected chi connectivity index (χ0v) is 10.3. The van der Waals surface area contributed by atoms with Crippen molar-refractivity contribution < 1.29 is 0 Å². The van der Waals surface area contributed by atoms with Crippen molar-refractivity contribution in [2.75, 3.05) is 5.73 Å². The number of aromatic nitrogens is 4. The molecule has 5 nitrogen and oxygen atoms in total. The SMILES string of the molecule is Nc1ccccc1Cn1nnc(-c2ccccc2)n1. The molecule has 0 unspecified atom stereocenters. The Bertz CT molecular complexity index is 675. The minimum Gasteiger partial charge on any atom is -0.398 e. The first-order chi connectivity index (χ1) is 9.33. The van der Waals surface area contributed by atoms with E-state index in [0.29, 0.717) is 12.4 Å². The molecule has 0 amide bonds. The highest BCUT2D eigenvalue weighted by molar-refractivity contribution is 5.53. The van der Waals surface area contributed by atoms with Gasteiger partial charge in [-0.3, -0.25) is 0 Å². The Morgan fingerprint density at radius 3 is 2.47 bits per heavy atom. The predicted octanol–water partition coefficient (Wildman–Crippen LogP) is 1.97. The molecule has 0 spiro atoms. The van der Waals surface area contributed by atoms with Gasteiger partial charge in [0.15, 0.2) is 0 Å². The first kappa shape index (κ1) is 11.4. The lowest BCUT2D eigenvalue weighted by molar-refractivity contribution is 0.573. The van der Waals surface area contributed by atoms with Gasteiger partial charge in [0.05, 0.1) is 6.54 Å². The molecule has 2 N–H and O–H groups in total. The number of hydrogen-bond donors (Lipinski definition) is 1. The highest BCUT2D eigenvalue weighted by Gasteiger charge is 2.06. The van der Waals surface area contributed by atoms with Crippen LogP contribution in [0.2, 0.25) is 0 Å². The summed E-state index contributed by atoms with van der Waals surface area (Å²) in [5, 5.41) is 12.5. The van der Waals surface area contributed by atoms with Crippen LogP contribution in [0.3, 0.4) is 0 Å². The number of hydrogen-bond acceptors (Lipinski definition) is 4. The Hall–Kier alpha value is -2.69. The number of rotatable bonds is 3. The Morgan fingerprint density at radius 2 is 1.68 bits per heavy atom. The summed E-state index contributed by atoms with van der Waals surface area (Å²) in [5.74, 6) is 0.620. The van der Waals surface area contributed by atoms with Gasteiger partial charge in [0.1, 0.15) is 0 Å². The molecule has 3 rings (SSSR count). The van der Waals surface area contributed by atoms with E-state index in [1.165, 1.54) is 0 Å². The van der Waals surface area contributed by atoms with Crippen molar-refractivity contribution in [3.63, 3.8) is 0 Å². The summed E-state index contributed by atoms with van der Waals surface area (Å²) in [6, 6.07) is 17.4. The van der Waals surface area contributed by atoms with E-state index in [2.05, 4.69) is 15.4 Å². The van der Waals surface area contributed by atoms with Crippen LogP contribution < -0.4 is 5.73 Å². The van der Waals surface area contributed by atoms with Gasteiger partial charge >= 0.3 is 0 Å². The first-order valence-electron chi connectivity index (χ1n) is 5.99. The highest BCUT2D eigenvalue weighted by atomic mass is 15.6. The van der Waals surface area contributed by atoms with E-state index in [9.17, 15) is 0 Å². The lowest BCUT2D eigenvalue weighted by Gasteiger charge is -2.02. The van der Waals surface area contributed by atoms with E-state index in [-0.39, 0.29) is 0 Å². The molecule has 1 heterocycles. The number of para-hydroxylation sites is 1. The molecule has 3 aromatic rings. The van der Waals surface area contributed by atoms with Gasteiger partial charge in [-0.1, -0.05) is 48.5 Å². The summed E-state index contributed by atoms with van der Waals surface area (Å²) in [6.45, 7) is 0.520. The summed E-state index contributed by atoms with van der Waals surface area (Å²) in [7, 11) is 0. The number of benzene rings is 2. The molecule has 0 aliphatic carbocycles. The summed E-state index contributed by atoms with van der Waals surface area (Å²) in [4.78, 5) is 1.55. The maximum atomic E-state index is 5.90. The minimum atomic E-state index is 0.520. The third-order valence-electron chi connectivity index (χ3n) is 2.85. The van der Waals surface area contributed by atoms with Gasteiger partial charge in [-0.2, -0.15) is 4.80 Å². The van der Waals surface area contributed by atoms with Gasteiger partial charge in [0, 0.05) is 11.3 Å². The molecule has 94 valence electrons. The van der Waals surface area contributed by atoms with Crippen molar-refractivity contribution in [1.82, 2.24) is 20.2 Å². The summed E-state index contributed by atoms with van der Waals surface area (Å²) in [5.41, 5.74) is 8.57. The molecule has 1 aromatic heterocycles. The maximum Gasteiger partial charge on any atom is 0.204 e. The number of nitrogens with two attached hydrogens (primary N) is 1. The molecular formula is C14H13N5. The second kappa shape index (κ2) is 4.89. The quantitative estimate of drug-likeness (QED) is 0.722. The van der Waals surface area contributed by atoms with E-state index in [0.717, 1.165) is 16.8 Å². The van der Waals surface area contributed by atoms with Gasteiger partial charge in [-0.05, 0) is 16.8 Å². The second-order valence-corrected chi connectivity index (χ2v) is 4.21. The monoisotopic (exact) mass is 251 g/mol. The predicted molar refractivity (Wildman–Crippen MR) is 73.2 cm³/mol. The smallest absolute Gasteiger partial charge is 0.204 e. The van der Waals surface area contributed by atoms with E-state index in [1.807, 2.05) is 54.6 Å². The van der Waals surface area contributed by atoms with Crippen molar-refractivity contribution in [3.8, 4) is 11.4 Å². The molecule has 2 aromatic carbocycles. The highest BCUT2D eigenvalue weighted by Crippen LogP contribution is 2.14. The molecule has 0 aliphatic heterocycles. The van der Waals surface area contributed by atoms with Crippen LogP contribution in [0.4, 0.5) is 5.69 Å². The van der Waals surface area contributed by atoms with E-state index < -0.39 is 0 Å². The summed E-state index contributed by atoms with van der Waals surface area (Å²) < 4.78 is 0. The second-order valence-electron chi connectivity index (χ2n) is 4.21. The average molecular weight is 251 g/mol. The molecule has 0 aliphatic rings. The van der Waals surface area contributed by atoms with Gasteiger partial charge < -0.3 is 5.73 Å². The molecule has 0 saturated carbocycles. The van der Waals surface area contributed by atoms with Crippen LogP contribution in [0.25, 0.3) is 11.4 Å². The fraction of sp³-hybridized carbons (Fsp3) is 0.0714. The lowest BCUT2D eigenvalue weighted by atomic mass is 10.2. The first-order valence-corrected chi connectivity index (χ1v) is 5.99. The Kier molecular flexibility index (Phi) is 2.94. The molecule has 5 heteroatoms. The maximum absolute atomic E-state index is 5.90. The summed E-state index contributed by atoms with van der Waals surface area (Å²) in [6.07, 6.45) is 0. The fourth-order valence-corrected chi connectivity index (χ4v) is 1.84. The largest absolute Gasteiger partial charge is 0.398 e. The van der Waals surface area contributed by atoms with Crippen LogP contribution in [-0.2, 0) is 6.54 Å². The van der Waals surface area contributed by atoms with Gasteiger partial charge in [0.2, 0.25) is 5.82 Å². The van der Waals surface area contributed by atoms with Gasteiger partial charge in [-0.25, -0.2) is 0 Å². The molecule has 19 heavy (non-hydrogen) atoms. The van der Waals surface area contributed by atoms with Crippen LogP contribution >= 0.6 is 0 Å². The number of tetrazole rings is 1. The Morgan fingerprint density at radius 1 is 0.947 bits per heavy atom. The van der Waals surface area contributed by atoms with Crippen molar-refractivity contribution >= 4 is 5.69 Å². The third kappa shape index (κ3) is 2.44. The van der Waals surface area contributed by atoms with Crippen LogP contribution in [0, 0.1) is 0 Å². The van der Waals surface area contributed by atoms with Crippen LogP contribution in [0.15, 0.2) is 54.6 Å². The molecule has 0 radical (unpaired) electrons. The van der Waals surface area contributed by atoms with Gasteiger partial charge in [0.25, 0.3) is 0 Å². The number of anilines is 1. The fourth-order valence-electron chi connectivity index (χ4n) is 1.84. The van der Waals surface area contributed by atoms with Crippen molar-refractivity contribution in [3.05, 3.63) is 60.2 Å². The average Bonchev–Trinajstić information content (AvgIpc) is 2.91. The number of nitrogens with zero attached hydrogens (tertiary/aromatic N) is 4. The summed E-state index contributed by atoms with van der Waals surface area (Å²) >= 11 is 0. The van der Waals surface area contributed by atoms with Gasteiger partial charge in [-0.15, -0.1) is 10.2 Å². The minimum absolute atomic E-state index is 0.520. The standard InChI is InChI=1S/C14H13N5/c15-13-9-5-4-8-12(13)10-19-17-14(16-18-19)11-6-2-1-3-7-11/h1-9H,10,15H2. The Balaban J connectivity index is 1.85. The van der Waals surface area contributed by atoms with Crippen LogP contribution in [0.5, 0.6) is 0 Å². The van der Waals surface area contributed by atoms with E-state index >= 15 is 0 Å². The molecule has 0 atom stereocenters. The number of nitrogen functional groups attached to an aromatic ring is 1. The molecule has 0 saturated heterocycles. The zero-order valence-electron chi connectivity index (χ0n) is 10.3. The van der Waals surface area contributed by atoms with Crippen LogP contribution in [-0.4, -0.2) is 20.2 Å². The Labute approximate surface area is 110 Å². The van der Waals surface area contributed by atoms with Crippen molar-refractivity contribution in [1.29, 1.82) is 0 Å². The van der Waals surface area contributed by atoms with Crippen molar-refractivity contribution in [2.24, 2.45) is 0 Å². The van der Waals surface area contributed by atoms with Crippen molar-refractivity contribution in [2.45, 2.75) is 6.54 Å². The normalized spacial score (nSPS) is 10.5. The van der Waals surface area contributed by atoms with E-state index in [1.54, 1.807) is 4.80 Å². The van der Waals surface area contributed by atoms with Crippen LogP contribution in [0.1, 0.15) is 5.56 Å². The lowest BCUT2D eigenvalue weighted by Crippen LogP contribution is -2.06. The molecule has 0 fully saturated rings. The molecule has 0 bridgehead atoms. The topological polar surface area (TPSA) is 69.6 Å². The molecular weight excluding hydrogens is 238 g/mol. The zero-order chi connectivity index (χ0) is 13.1. The van der Waals surface area contributed by atoms with E-state index in [4.69, 9.17) is 5.73 Å².